The predicted octanol–water partition coefficient (Wildman–Crippen LogP) is 5.70. The number of nitrogens with one attached hydrogen (secondary N) is 2. The van der Waals surface area contributed by atoms with Crippen LogP contribution in [0.2, 0.25) is 5.02 Å². The molecule has 0 fully saturated rings. The molecule has 0 aromatic heterocycles. The first-order chi connectivity index (χ1) is 12.0. The maximum absolute atomic E-state index is 12.8. The Bertz CT molecular complexity index is 787. The van der Waals surface area contributed by atoms with Crippen molar-refractivity contribution in [2.45, 2.75) is 18.9 Å². The molecule has 26 heavy (non-hydrogen) atoms. The molecule has 0 aliphatic heterocycles. The summed E-state index contributed by atoms with van der Waals surface area (Å²) in [5.74, 6) is 0. The van der Waals surface area contributed by atoms with Crippen LogP contribution in [-0.4, -0.2) is 6.03 Å². The molecule has 0 atom stereocenters. The van der Waals surface area contributed by atoms with E-state index in [9.17, 15) is 31.1 Å². The first kappa shape index (κ1) is 19.9. The molecule has 2 aromatic carbocycles. The Balaban J connectivity index is 1.97. The summed E-state index contributed by atoms with van der Waals surface area (Å²) in [6, 6.07) is 6.15. The fourth-order valence-electron chi connectivity index (χ4n) is 1.99. The van der Waals surface area contributed by atoms with Gasteiger partial charge in [-0.2, -0.15) is 26.3 Å². The number of hydrogen-bond donors (Lipinski definition) is 2. The van der Waals surface area contributed by atoms with Crippen LogP contribution in [0.25, 0.3) is 0 Å². The second-order valence-corrected chi connectivity index (χ2v) is 5.60. The van der Waals surface area contributed by atoms with Gasteiger partial charge in [-0.15, -0.1) is 0 Å². The summed E-state index contributed by atoms with van der Waals surface area (Å²) in [4.78, 5) is 11.7. The molecule has 0 radical (unpaired) electrons. The van der Waals surface area contributed by atoms with E-state index < -0.39 is 34.5 Å². The number of rotatable bonds is 3. The first-order valence-corrected chi connectivity index (χ1v) is 7.42. The summed E-state index contributed by atoms with van der Waals surface area (Å²) >= 11 is 5.47. The highest BCUT2D eigenvalue weighted by molar-refractivity contribution is 6.31. The van der Waals surface area contributed by atoms with E-state index in [2.05, 4.69) is 10.6 Å². The zero-order chi connectivity index (χ0) is 19.5. The van der Waals surface area contributed by atoms with Crippen LogP contribution in [-0.2, 0) is 18.9 Å². The van der Waals surface area contributed by atoms with E-state index in [1.165, 1.54) is 18.2 Å². The molecular formula is C16H11ClF6N2O. The Kier molecular flexibility index (Phi) is 5.70. The van der Waals surface area contributed by atoms with Gasteiger partial charge in [0.2, 0.25) is 0 Å². The molecule has 10 heteroatoms. The van der Waals surface area contributed by atoms with Crippen molar-refractivity contribution >= 4 is 23.3 Å². The first-order valence-electron chi connectivity index (χ1n) is 7.04. The molecule has 2 N–H and O–H groups in total. The molecule has 2 aromatic rings. The third-order valence-corrected chi connectivity index (χ3v) is 3.59. The van der Waals surface area contributed by atoms with Crippen molar-refractivity contribution in [1.82, 2.24) is 5.32 Å². The van der Waals surface area contributed by atoms with Crippen LogP contribution in [0.4, 0.5) is 36.8 Å². The summed E-state index contributed by atoms with van der Waals surface area (Å²) in [7, 11) is 0. The number of hydrogen-bond acceptors (Lipinski definition) is 1. The van der Waals surface area contributed by atoms with Gasteiger partial charge in [0.05, 0.1) is 16.1 Å². The van der Waals surface area contributed by atoms with Crippen molar-refractivity contribution in [2.75, 3.05) is 5.32 Å². The Hall–Kier alpha value is -2.42. The van der Waals surface area contributed by atoms with E-state index in [1.807, 2.05) is 0 Å². The Morgan fingerprint density at radius 2 is 1.54 bits per heavy atom. The van der Waals surface area contributed by atoms with Crippen molar-refractivity contribution in [2.24, 2.45) is 0 Å². The molecule has 0 saturated heterocycles. The summed E-state index contributed by atoms with van der Waals surface area (Å²) in [6.45, 7) is -0.107. The van der Waals surface area contributed by atoms with Gasteiger partial charge >= 0.3 is 18.4 Å². The number of anilines is 1. The number of carbonyl (C=O) groups is 1. The molecule has 0 heterocycles. The maximum Gasteiger partial charge on any atom is 0.417 e. The molecule has 0 aliphatic carbocycles. The number of amides is 2. The number of benzene rings is 2. The molecule has 2 amide bonds. The highest BCUT2D eigenvalue weighted by Crippen LogP contribution is 2.36. The summed E-state index contributed by atoms with van der Waals surface area (Å²) in [5.41, 5.74) is -1.67. The lowest BCUT2D eigenvalue weighted by Gasteiger charge is -2.12. The summed E-state index contributed by atoms with van der Waals surface area (Å²) < 4.78 is 75.6. The highest BCUT2D eigenvalue weighted by atomic mass is 35.5. The van der Waals surface area contributed by atoms with Gasteiger partial charge in [-0.3, -0.25) is 0 Å². The monoisotopic (exact) mass is 396 g/mol. The average Bonchev–Trinajstić information content (AvgIpc) is 2.53. The van der Waals surface area contributed by atoms with E-state index in [-0.39, 0.29) is 12.2 Å². The van der Waals surface area contributed by atoms with Crippen LogP contribution < -0.4 is 10.6 Å². The molecule has 3 nitrogen and oxygen atoms in total. The number of halogens is 7. The van der Waals surface area contributed by atoms with Crippen molar-refractivity contribution in [3.05, 3.63) is 64.2 Å². The van der Waals surface area contributed by atoms with Crippen molar-refractivity contribution < 1.29 is 31.1 Å². The molecule has 0 bridgehead atoms. The van der Waals surface area contributed by atoms with E-state index >= 15 is 0 Å². The number of urea groups is 1. The lowest BCUT2D eigenvalue weighted by Crippen LogP contribution is -2.28. The largest absolute Gasteiger partial charge is 0.417 e. The van der Waals surface area contributed by atoms with Gasteiger partial charge < -0.3 is 10.6 Å². The smallest absolute Gasteiger partial charge is 0.334 e. The van der Waals surface area contributed by atoms with Crippen molar-refractivity contribution in [3.8, 4) is 0 Å². The van der Waals surface area contributed by atoms with Crippen LogP contribution in [0.3, 0.4) is 0 Å². The van der Waals surface area contributed by atoms with Gasteiger partial charge in [0.25, 0.3) is 0 Å². The normalized spacial score (nSPS) is 12.0. The topological polar surface area (TPSA) is 41.1 Å². The molecule has 0 spiro atoms. The second-order valence-electron chi connectivity index (χ2n) is 5.19. The van der Waals surface area contributed by atoms with Crippen LogP contribution in [0.5, 0.6) is 0 Å². The van der Waals surface area contributed by atoms with Crippen LogP contribution in [0.1, 0.15) is 16.7 Å². The SMILES string of the molecule is O=C(NCc1ccc(C(F)(F)F)cc1)Nc1ccc(Cl)c(C(F)(F)F)c1. The van der Waals surface area contributed by atoms with Crippen LogP contribution in [0, 0.1) is 0 Å². The second kappa shape index (κ2) is 7.45. The molecule has 0 saturated carbocycles. The van der Waals surface area contributed by atoms with Crippen molar-refractivity contribution in [1.29, 1.82) is 0 Å². The predicted molar refractivity (Wildman–Crippen MR) is 83.8 cm³/mol. The fraction of sp³-hybridized carbons (Fsp3) is 0.188. The molecule has 0 unspecified atom stereocenters. The Morgan fingerprint density at radius 3 is 2.08 bits per heavy atom. The zero-order valence-corrected chi connectivity index (χ0v) is 13.6. The number of carbonyl (C=O) groups excluding carboxylic acids is 1. The van der Waals surface area contributed by atoms with Gasteiger partial charge in [-0.25, -0.2) is 4.79 Å². The zero-order valence-electron chi connectivity index (χ0n) is 12.8. The van der Waals surface area contributed by atoms with Crippen LogP contribution in [0.15, 0.2) is 42.5 Å². The Labute approximate surface area is 149 Å². The van der Waals surface area contributed by atoms with Gasteiger partial charge in [0, 0.05) is 12.2 Å². The standard InChI is InChI=1S/C16H11ClF6N2O/c17-13-6-5-11(7-12(13)16(21,22)23)25-14(26)24-8-9-1-3-10(4-2-9)15(18,19)20/h1-7H,8H2,(H2,24,25,26). The maximum atomic E-state index is 12.8. The lowest BCUT2D eigenvalue weighted by molar-refractivity contribution is -0.138. The van der Waals surface area contributed by atoms with Gasteiger partial charge in [0.15, 0.2) is 0 Å². The summed E-state index contributed by atoms with van der Waals surface area (Å²) in [5, 5.41) is 4.03. The van der Waals surface area contributed by atoms with Crippen LogP contribution >= 0.6 is 11.6 Å². The van der Waals surface area contributed by atoms with Gasteiger partial charge in [0.1, 0.15) is 0 Å². The third kappa shape index (κ3) is 5.29. The highest BCUT2D eigenvalue weighted by Gasteiger charge is 2.33. The minimum absolute atomic E-state index is 0.107. The molecule has 2 rings (SSSR count). The quantitative estimate of drug-likeness (QED) is 0.642. The minimum Gasteiger partial charge on any atom is -0.334 e. The van der Waals surface area contributed by atoms with E-state index in [4.69, 9.17) is 11.6 Å². The fourth-order valence-corrected chi connectivity index (χ4v) is 2.21. The van der Waals surface area contributed by atoms with Gasteiger partial charge in [-0.1, -0.05) is 23.7 Å². The van der Waals surface area contributed by atoms with E-state index in [1.54, 1.807) is 0 Å². The van der Waals surface area contributed by atoms with E-state index in [0.29, 0.717) is 11.6 Å². The minimum atomic E-state index is -4.68. The Morgan fingerprint density at radius 1 is 0.923 bits per heavy atom. The molecule has 140 valence electrons. The summed E-state index contributed by atoms with van der Waals surface area (Å²) in [6.07, 6.45) is -9.14. The van der Waals surface area contributed by atoms with Crippen molar-refractivity contribution in [3.63, 3.8) is 0 Å². The van der Waals surface area contributed by atoms with E-state index in [0.717, 1.165) is 18.2 Å². The molecule has 0 aliphatic rings. The third-order valence-electron chi connectivity index (χ3n) is 3.26. The average molecular weight is 397 g/mol. The number of alkyl halides is 6. The lowest BCUT2D eigenvalue weighted by atomic mass is 10.1. The molecular weight excluding hydrogens is 386 g/mol. The van der Waals surface area contributed by atoms with Gasteiger partial charge in [-0.05, 0) is 35.9 Å².